The number of hydrogen-bond donors (Lipinski definition) is 0. The van der Waals surface area contributed by atoms with E-state index in [1.807, 2.05) is 0 Å². The van der Waals surface area contributed by atoms with Gasteiger partial charge in [0.15, 0.2) is 5.65 Å². The Kier molecular flexibility index (Phi) is 5.20. The molecule has 0 fully saturated rings. The average molecular weight is 392 g/mol. The summed E-state index contributed by atoms with van der Waals surface area (Å²) in [5.41, 5.74) is 1.66. The van der Waals surface area contributed by atoms with Gasteiger partial charge in [-0.2, -0.15) is 0 Å². The first-order valence-corrected chi connectivity index (χ1v) is 8.10. The summed E-state index contributed by atoms with van der Waals surface area (Å²) < 4.78 is 6.78. The second-order valence-electron chi connectivity index (χ2n) is 5.26. The fraction of sp³-hybridized carbons (Fsp3) is 0.0588. The van der Waals surface area contributed by atoms with Crippen LogP contribution < -0.4 is 0 Å². The van der Waals surface area contributed by atoms with Crippen LogP contribution in [-0.2, 0) is 16.1 Å². The van der Waals surface area contributed by atoms with E-state index in [1.165, 1.54) is 36.4 Å². The number of hydrogen-bond acceptors (Lipinski definition) is 5. The molecule has 0 saturated carbocycles. The number of nitro benzene ring substituents is 1. The van der Waals surface area contributed by atoms with Crippen LogP contribution in [0.4, 0.5) is 5.69 Å². The minimum Gasteiger partial charge on any atom is -0.456 e. The van der Waals surface area contributed by atoms with Crippen molar-refractivity contribution in [2.24, 2.45) is 0 Å². The maximum atomic E-state index is 11.8. The maximum absolute atomic E-state index is 11.8. The molecule has 1 aromatic carbocycles. The molecule has 3 rings (SSSR count). The molecule has 3 aromatic rings. The van der Waals surface area contributed by atoms with E-state index in [-0.39, 0.29) is 12.3 Å². The third-order valence-electron chi connectivity index (χ3n) is 3.40. The van der Waals surface area contributed by atoms with Crippen molar-refractivity contribution >= 4 is 46.6 Å². The number of rotatable bonds is 5. The van der Waals surface area contributed by atoms with Gasteiger partial charge < -0.3 is 9.14 Å². The van der Waals surface area contributed by atoms with Crippen LogP contribution in [0.15, 0.2) is 48.8 Å². The molecule has 0 spiro atoms. The van der Waals surface area contributed by atoms with Crippen molar-refractivity contribution in [3.8, 4) is 0 Å². The van der Waals surface area contributed by atoms with Crippen LogP contribution in [0.1, 0.15) is 11.3 Å². The number of halogens is 2. The van der Waals surface area contributed by atoms with Crippen LogP contribution in [0.3, 0.4) is 0 Å². The van der Waals surface area contributed by atoms with E-state index in [1.54, 1.807) is 22.9 Å². The molecule has 2 heterocycles. The number of aromatic nitrogens is 2. The van der Waals surface area contributed by atoms with Gasteiger partial charge in [0, 0.05) is 30.6 Å². The summed E-state index contributed by atoms with van der Waals surface area (Å²) in [4.78, 5) is 26.2. The van der Waals surface area contributed by atoms with E-state index < -0.39 is 10.9 Å². The average Bonchev–Trinajstić information content (AvgIpc) is 3.01. The standard InChI is InChI=1S/C17H11Cl2N3O4/c18-12-7-15(19)17-20-13(9-21(17)8-12)10-26-16(23)6-3-11-1-4-14(5-2-11)22(24)25/h1-9H,10H2/b6-3+. The number of benzene rings is 1. The molecule has 26 heavy (non-hydrogen) atoms. The molecule has 0 unspecified atom stereocenters. The molecule has 7 nitrogen and oxygen atoms in total. The fourth-order valence-electron chi connectivity index (χ4n) is 2.21. The zero-order chi connectivity index (χ0) is 18.7. The number of carbonyl (C=O) groups is 1. The van der Waals surface area contributed by atoms with Gasteiger partial charge in [-0.1, -0.05) is 23.2 Å². The van der Waals surface area contributed by atoms with Crippen LogP contribution in [0, 0.1) is 10.1 Å². The monoisotopic (exact) mass is 391 g/mol. The van der Waals surface area contributed by atoms with Crippen molar-refractivity contribution in [1.82, 2.24) is 9.38 Å². The van der Waals surface area contributed by atoms with Gasteiger partial charge >= 0.3 is 5.97 Å². The Morgan fingerprint density at radius 3 is 2.69 bits per heavy atom. The van der Waals surface area contributed by atoms with E-state index in [9.17, 15) is 14.9 Å². The Morgan fingerprint density at radius 2 is 2.00 bits per heavy atom. The second kappa shape index (κ2) is 7.55. The van der Waals surface area contributed by atoms with Gasteiger partial charge in [-0.05, 0) is 29.8 Å². The number of non-ortho nitro benzene ring substituents is 1. The molecule has 0 N–H and O–H groups in total. The Balaban J connectivity index is 1.61. The summed E-state index contributed by atoms with van der Waals surface area (Å²) in [6.07, 6.45) is 6.06. The van der Waals surface area contributed by atoms with Crippen molar-refractivity contribution < 1.29 is 14.5 Å². The molecular weight excluding hydrogens is 381 g/mol. The molecule has 0 atom stereocenters. The lowest BCUT2D eigenvalue weighted by Crippen LogP contribution is -2.00. The lowest BCUT2D eigenvalue weighted by Gasteiger charge is -1.98. The Hall–Kier alpha value is -2.90. The van der Waals surface area contributed by atoms with Gasteiger partial charge in [-0.15, -0.1) is 0 Å². The number of pyridine rings is 1. The van der Waals surface area contributed by atoms with Crippen molar-refractivity contribution in [3.63, 3.8) is 0 Å². The molecule has 0 amide bonds. The van der Waals surface area contributed by atoms with Gasteiger partial charge in [0.05, 0.1) is 20.7 Å². The SMILES string of the molecule is O=C(/C=C/c1ccc([N+](=O)[O-])cc1)OCc1cn2cc(Cl)cc(Cl)c2n1. The van der Waals surface area contributed by atoms with Gasteiger partial charge in [0.25, 0.3) is 5.69 Å². The lowest BCUT2D eigenvalue weighted by molar-refractivity contribution is -0.384. The van der Waals surface area contributed by atoms with Crippen molar-refractivity contribution in [3.05, 3.63) is 80.2 Å². The fourth-order valence-corrected chi connectivity index (χ4v) is 2.74. The minimum absolute atomic E-state index is 0.0182. The molecule has 2 aromatic heterocycles. The molecule has 132 valence electrons. The normalized spacial score (nSPS) is 11.2. The molecule has 9 heteroatoms. The largest absolute Gasteiger partial charge is 0.456 e. The predicted molar refractivity (Wildman–Crippen MR) is 97.1 cm³/mol. The molecule has 0 bridgehead atoms. The first-order valence-electron chi connectivity index (χ1n) is 7.34. The summed E-state index contributed by atoms with van der Waals surface area (Å²) in [6, 6.07) is 7.37. The van der Waals surface area contributed by atoms with E-state index in [0.717, 1.165) is 0 Å². The minimum atomic E-state index is -0.565. The number of nitrogens with zero attached hydrogens (tertiary/aromatic N) is 3. The van der Waals surface area contributed by atoms with E-state index >= 15 is 0 Å². The Morgan fingerprint density at radius 1 is 1.27 bits per heavy atom. The molecule has 0 aliphatic heterocycles. The van der Waals surface area contributed by atoms with E-state index in [2.05, 4.69) is 4.98 Å². The lowest BCUT2D eigenvalue weighted by atomic mass is 10.2. The summed E-state index contributed by atoms with van der Waals surface area (Å²) >= 11 is 12.0. The highest BCUT2D eigenvalue weighted by Crippen LogP contribution is 2.22. The molecule has 0 aliphatic rings. The third kappa shape index (κ3) is 4.19. The quantitative estimate of drug-likeness (QED) is 0.280. The molecule has 0 aliphatic carbocycles. The Labute approximate surface area is 157 Å². The molecular formula is C17H11Cl2N3O4. The maximum Gasteiger partial charge on any atom is 0.331 e. The summed E-state index contributed by atoms with van der Waals surface area (Å²) in [7, 11) is 0. The number of nitro groups is 1. The van der Waals surface area contributed by atoms with Gasteiger partial charge in [0.2, 0.25) is 0 Å². The van der Waals surface area contributed by atoms with Crippen LogP contribution >= 0.6 is 23.2 Å². The highest BCUT2D eigenvalue weighted by molar-refractivity contribution is 6.36. The van der Waals surface area contributed by atoms with E-state index in [0.29, 0.717) is 26.9 Å². The van der Waals surface area contributed by atoms with Crippen molar-refractivity contribution in [2.45, 2.75) is 6.61 Å². The molecule has 0 saturated heterocycles. The van der Waals surface area contributed by atoms with Crippen LogP contribution in [0.5, 0.6) is 0 Å². The van der Waals surface area contributed by atoms with Gasteiger partial charge in [0.1, 0.15) is 6.61 Å². The zero-order valence-electron chi connectivity index (χ0n) is 13.1. The first-order chi connectivity index (χ1) is 12.4. The predicted octanol–water partition coefficient (Wildman–Crippen LogP) is 4.31. The smallest absolute Gasteiger partial charge is 0.331 e. The van der Waals surface area contributed by atoms with Gasteiger partial charge in [-0.3, -0.25) is 10.1 Å². The number of ether oxygens (including phenoxy) is 1. The summed E-state index contributed by atoms with van der Waals surface area (Å²) in [6.45, 7) is -0.0287. The van der Waals surface area contributed by atoms with E-state index in [4.69, 9.17) is 27.9 Å². The zero-order valence-corrected chi connectivity index (χ0v) is 14.6. The summed E-state index contributed by atoms with van der Waals surface area (Å²) in [5, 5.41) is 11.5. The van der Waals surface area contributed by atoms with Crippen LogP contribution in [0.25, 0.3) is 11.7 Å². The molecule has 0 radical (unpaired) electrons. The first kappa shape index (κ1) is 17.9. The summed E-state index contributed by atoms with van der Waals surface area (Å²) in [5.74, 6) is -0.565. The number of fused-ring (bicyclic) bond motifs is 1. The topological polar surface area (TPSA) is 86.7 Å². The number of carbonyl (C=O) groups excluding carboxylic acids is 1. The van der Waals surface area contributed by atoms with Crippen molar-refractivity contribution in [2.75, 3.05) is 0 Å². The highest BCUT2D eigenvalue weighted by atomic mass is 35.5. The third-order valence-corrected chi connectivity index (χ3v) is 3.89. The van der Waals surface area contributed by atoms with Crippen molar-refractivity contribution in [1.29, 1.82) is 0 Å². The number of imidazole rings is 1. The Bertz CT molecular complexity index is 1010. The number of esters is 1. The van der Waals surface area contributed by atoms with Gasteiger partial charge in [-0.25, -0.2) is 9.78 Å². The highest BCUT2D eigenvalue weighted by Gasteiger charge is 2.08. The van der Waals surface area contributed by atoms with Crippen LogP contribution in [-0.4, -0.2) is 20.3 Å². The second-order valence-corrected chi connectivity index (χ2v) is 6.10. The van der Waals surface area contributed by atoms with Crippen LogP contribution in [0.2, 0.25) is 10.0 Å².